The van der Waals surface area contributed by atoms with E-state index in [1.807, 2.05) is 19.9 Å². The maximum Gasteiger partial charge on any atom is 0.335 e. The maximum absolute atomic E-state index is 10.4. The Balaban J connectivity index is 0. The van der Waals surface area contributed by atoms with Crippen LogP contribution in [0.25, 0.3) is 0 Å². The molecule has 4 N–H and O–H groups in total. The first-order chi connectivity index (χ1) is 13.9. The summed E-state index contributed by atoms with van der Waals surface area (Å²) in [4.78, 5) is 39.8. The summed E-state index contributed by atoms with van der Waals surface area (Å²) in [6.45, 7) is 5.79. The molecule has 0 amide bonds. The minimum Gasteiger partial charge on any atom is -0.478 e. The van der Waals surface area contributed by atoms with E-state index in [4.69, 9.17) is 20.4 Å². The first-order valence-corrected chi connectivity index (χ1v) is 8.75. The van der Waals surface area contributed by atoms with Gasteiger partial charge in [-0.05, 0) is 52.0 Å². The highest BCUT2D eigenvalue weighted by atomic mass is 16.4. The molecule has 0 atom stereocenters. The van der Waals surface area contributed by atoms with Gasteiger partial charge in [0.25, 0.3) is 0 Å². The van der Waals surface area contributed by atoms with Crippen LogP contribution in [0, 0.1) is 13.8 Å². The summed E-state index contributed by atoms with van der Waals surface area (Å²) in [5.74, 6) is -2.13. The number of aryl methyl sites for hydroxylation is 2. The van der Waals surface area contributed by atoms with E-state index in [-0.39, 0.29) is 24.8 Å². The Morgan fingerprint density at radius 3 is 1.33 bits per heavy atom. The Kier molecular flexibility index (Phi) is 15.9. The lowest BCUT2D eigenvalue weighted by Gasteiger charge is -1.93. The normalized spacial score (nSPS) is 8.73. The van der Waals surface area contributed by atoms with Crippen LogP contribution in [0.2, 0.25) is 0 Å². The van der Waals surface area contributed by atoms with Crippen molar-refractivity contribution in [1.82, 2.24) is 0 Å². The van der Waals surface area contributed by atoms with Crippen LogP contribution in [0.5, 0.6) is 0 Å². The van der Waals surface area contributed by atoms with Crippen molar-refractivity contribution in [1.29, 1.82) is 0 Å². The number of carboxylic acid groups (broad SMARTS) is 2. The minimum absolute atomic E-state index is 0.190. The number of benzene rings is 2. The molecule has 164 valence electrons. The molecule has 0 aromatic heterocycles. The fourth-order valence-corrected chi connectivity index (χ4v) is 1.47. The molecule has 0 unspecified atom stereocenters. The van der Waals surface area contributed by atoms with E-state index in [2.05, 4.69) is 0 Å². The molecule has 0 aliphatic carbocycles. The quantitative estimate of drug-likeness (QED) is 0.589. The van der Waals surface area contributed by atoms with Crippen LogP contribution in [0.4, 0.5) is 0 Å². The molecule has 2 aromatic rings. The molecule has 0 saturated carbocycles. The fraction of sp³-hybridized carbons (Fsp3) is 0.273. The average Bonchev–Trinajstić information content (AvgIpc) is 2.69. The van der Waals surface area contributed by atoms with E-state index < -0.39 is 11.9 Å². The van der Waals surface area contributed by atoms with Gasteiger partial charge in [0, 0.05) is 0 Å². The third-order valence-corrected chi connectivity index (χ3v) is 3.01. The SMILES string of the molecule is CC(=O)CO.CC(=O)CO.Cc1ccc(C(=O)O)cc1.Cc1cccc(C(=O)O)c1. The van der Waals surface area contributed by atoms with E-state index in [0.29, 0.717) is 11.1 Å². The number of hydrogen-bond donors (Lipinski definition) is 4. The summed E-state index contributed by atoms with van der Waals surface area (Å²) in [5.41, 5.74) is 2.73. The molecule has 0 aliphatic rings. The molecule has 0 radical (unpaired) electrons. The van der Waals surface area contributed by atoms with Crippen molar-refractivity contribution in [2.24, 2.45) is 0 Å². The molecule has 2 aromatic carbocycles. The van der Waals surface area contributed by atoms with Crippen LogP contribution >= 0.6 is 0 Å². The zero-order chi connectivity index (χ0) is 23.7. The van der Waals surface area contributed by atoms with Gasteiger partial charge in [-0.25, -0.2) is 9.59 Å². The van der Waals surface area contributed by atoms with E-state index in [1.165, 1.54) is 13.8 Å². The number of carbonyl (C=O) groups excluding carboxylic acids is 2. The van der Waals surface area contributed by atoms with Gasteiger partial charge < -0.3 is 20.4 Å². The maximum atomic E-state index is 10.4. The van der Waals surface area contributed by atoms with E-state index in [9.17, 15) is 19.2 Å². The Labute approximate surface area is 175 Å². The van der Waals surface area contributed by atoms with Gasteiger partial charge in [0.1, 0.15) is 13.2 Å². The van der Waals surface area contributed by atoms with Gasteiger partial charge >= 0.3 is 11.9 Å². The number of aliphatic hydroxyl groups excluding tert-OH is 2. The van der Waals surface area contributed by atoms with Crippen LogP contribution < -0.4 is 0 Å². The standard InChI is InChI=1S/2C8H8O2.2C3H6O2/c1-6-2-4-7(5-3-6)8(9)10;1-6-3-2-4-7(5-6)8(9)10;2*1-3(5)2-4/h2*2-5H,1H3,(H,9,10);2*4H,2H2,1H3. The lowest BCUT2D eigenvalue weighted by atomic mass is 10.1. The molecule has 2 rings (SSSR count). The van der Waals surface area contributed by atoms with Gasteiger partial charge in [0.15, 0.2) is 11.6 Å². The van der Waals surface area contributed by atoms with Gasteiger partial charge in [-0.3, -0.25) is 9.59 Å². The van der Waals surface area contributed by atoms with Crippen molar-refractivity contribution in [3.05, 3.63) is 70.8 Å². The first-order valence-electron chi connectivity index (χ1n) is 8.75. The summed E-state index contributed by atoms with van der Waals surface area (Å²) in [5, 5.41) is 32.6. The largest absolute Gasteiger partial charge is 0.478 e. The second kappa shape index (κ2) is 16.6. The second-order valence-electron chi connectivity index (χ2n) is 6.07. The van der Waals surface area contributed by atoms with Crippen LogP contribution in [0.1, 0.15) is 45.7 Å². The Morgan fingerprint density at radius 1 is 0.667 bits per heavy atom. The molecule has 8 heteroatoms. The Bertz CT molecular complexity index is 796. The first kappa shape index (κ1) is 28.8. The molecule has 0 spiro atoms. The van der Waals surface area contributed by atoms with Gasteiger partial charge in [-0.1, -0.05) is 35.4 Å². The van der Waals surface area contributed by atoms with Gasteiger partial charge in [-0.2, -0.15) is 0 Å². The molecule has 8 nitrogen and oxygen atoms in total. The number of carbonyl (C=O) groups is 4. The lowest BCUT2D eigenvalue weighted by molar-refractivity contribution is -0.120. The number of Topliss-reactive ketones (excluding diaryl/α,β-unsaturated/α-hetero) is 2. The summed E-state index contributed by atoms with van der Waals surface area (Å²) in [7, 11) is 0. The number of ketones is 2. The van der Waals surface area contributed by atoms with Crippen LogP contribution in [0.15, 0.2) is 48.5 Å². The van der Waals surface area contributed by atoms with Crippen LogP contribution in [-0.4, -0.2) is 57.1 Å². The van der Waals surface area contributed by atoms with Crippen molar-refractivity contribution >= 4 is 23.5 Å². The van der Waals surface area contributed by atoms with Crippen molar-refractivity contribution in [3.63, 3.8) is 0 Å². The fourth-order valence-electron chi connectivity index (χ4n) is 1.47. The number of carboxylic acids is 2. The number of aromatic carboxylic acids is 2. The van der Waals surface area contributed by atoms with Crippen LogP contribution in [0.3, 0.4) is 0 Å². The summed E-state index contributed by atoms with van der Waals surface area (Å²) in [6, 6.07) is 13.6. The average molecular weight is 420 g/mol. The summed E-state index contributed by atoms with van der Waals surface area (Å²) in [6.07, 6.45) is 0. The molecular formula is C22H28O8. The monoisotopic (exact) mass is 420 g/mol. The van der Waals surface area contributed by atoms with Crippen molar-refractivity contribution in [2.75, 3.05) is 13.2 Å². The highest BCUT2D eigenvalue weighted by Crippen LogP contribution is 2.03. The molecule has 30 heavy (non-hydrogen) atoms. The predicted octanol–water partition coefficient (Wildman–Crippen LogP) is 2.52. The molecule has 0 fully saturated rings. The van der Waals surface area contributed by atoms with Crippen molar-refractivity contribution in [3.8, 4) is 0 Å². The third kappa shape index (κ3) is 16.8. The lowest BCUT2D eigenvalue weighted by Crippen LogP contribution is -1.95. The zero-order valence-electron chi connectivity index (χ0n) is 17.5. The smallest absolute Gasteiger partial charge is 0.335 e. The minimum atomic E-state index is -0.875. The number of rotatable bonds is 4. The molecule has 0 saturated heterocycles. The topological polar surface area (TPSA) is 149 Å². The van der Waals surface area contributed by atoms with Gasteiger partial charge in [0.2, 0.25) is 0 Å². The van der Waals surface area contributed by atoms with E-state index in [1.54, 1.807) is 42.5 Å². The summed E-state index contributed by atoms with van der Waals surface area (Å²) >= 11 is 0. The predicted molar refractivity (Wildman–Crippen MR) is 112 cm³/mol. The highest BCUT2D eigenvalue weighted by molar-refractivity contribution is 5.88. The number of aliphatic hydroxyl groups is 2. The Morgan fingerprint density at radius 2 is 1.07 bits per heavy atom. The second-order valence-corrected chi connectivity index (χ2v) is 6.07. The highest BCUT2D eigenvalue weighted by Gasteiger charge is 1.99. The number of hydrogen-bond acceptors (Lipinski definition) is 6. The zero-order valence-corrected chi connectivity index (χ0v) is 17.5. The van der Waals surface area contributed by atoms with E-state index >= 15 is 0 Å². The van der Waals surface area contributed by atoms with Gasteiger partial charge in [0.05, 0.1) is 11.1 Å². The van der Waals surface area contributed by atoms with E-state index in [0.717, 1.165) is 11.1 Å². The van der Waals surface area contributed by atoms with Crippen LogP contribution in [-0.2, 0) is 9.59 Å². The molecule has 0 aliphatic heterocycles. The summed E-state index contributed by atoms with van der Waals surface area (Å²) < 4.78 is 0. The van der Waals surface area contributed by atoms with Crippen molar-refractivity contribution < 1.29 is 39.6 Å². The van der Waals surface area contributed by atoms with Gasteiger partial charge in [-0.15, -0.1) is 0 Å². The van der Waals surface area contributed by atoms with Crippen molar-refractivity contribution in [2.45, 2.75) is 27.7 Å². The molecule has 0 heterocycles. The molecule has 0 bridgehead atoms. The third-order valence-electron chi connectivity index (χ3n) is 3.01. The Hall–Kier alpha value is -3.36. The molecular weight excluding hydrogens is 392 g/mol.